The van der Waals surface area contributed by atoms with Crippen molar-refractivity contribution in [1.82, 2.24) is 5.43 Å². The Morgan fingerprint density at radius 2 is 1.88 bits per heavy atom. The van der Waals surface area contributed by atoms with Crippen LogP contribution in [0.25, 0.3) is 0 Å². The van der Waals surface area contributed by atoms with Crippen molar-refractivity contribution < 1.29 is 23.5 Å². The molecule has 0 saturated heterocycles. The van der Waals surface area contributed by atoms with Crippen molar-refractivity contribution >= 4 is 51.2 Å². The predicted molar refractivity (Wildman–Crippen MR) is 128 cm³/mol. The van der Waals surface area contributed by atoms with Gasteiger partial charge in [0.15, 0.2) is 18.1 Å². The highest BCUT2D eigenvalue weighted by Gasteiger charge is 2.14. The Labute approximate surface area is 202 Å². The standard InChI is InChI=1S/C23H18BrClFN3O4/c1-32-20-11-14(12-27-29-23(31)15-6-8-16(25)9-7-15)10-17(24)22(20)33-13-21(30)28-19-5-3-2-4-18(19)26/h2-12H,13H2,1H3,(H,28,30)(H,29,31)/b27-12+. The summed E-state index contributed by atoms with van der Waals surface area (Å²) in [5.74, 6) is -0.868. The lowest BCUT2D eigenvalue weighted by Crippen LogP contribution is -2.21. The molecule has 0 aliphatic carbocycles. The number of nitrogens with one attached hydrogen (secondary N) is 2. The van der Waals surface area contributed by atoms with Gasteiger partial charge in [-0.2, -0.15) is 5.10 Å². The highest BCUT2D eigenvalue weighted by molar-refractivity contribution is 9.10. The molecule has 0 radical (unpaired) electrons. The van der Waals surface area contributed by atoms with Gasteiger partial charge in [0.2, 0.25) is 0 Å². The molecule has 0 aliphatic heterocycles. The van der Waals surface area contributed by atoms with Gasteiger partial charge >= 0.3 is 0 Å². The predicted octanol–water partition coefficient (Wildman–Crippen LogP) is 5.03. The Morgan fingerprint density at radius 1 is 1.15 bits per heavy atom. The molecule has 170 valence electrons. The van der Waals surface area contributed by atoms with Gasteiger partial charge in [-0.3, -0.25) is 9.59 Å². The number of benzene rings is 3. The first-order valence-corrected chi connectivity index (χ1v) is 10.7. The summed E-state index contributed by atoms with van der Waals surface area (Å²) >= 11 is 9.19. The number of rotatable bonds is 8. The smallest absolute Gasteiger partial charge is 0.271 e. The van der Waals surface area contributed by atoms with Gasteiger partial charge in [0, 0.05) is 10.6 Å². The molecule has 2 N–H and O–H groups in total. The molecule has 0 unspecified atom stereocenters. The molecule has 3 aromatic carbocycles. The SMILES string of the molecule is COc1cc(/C=N/NC(=O)c2ccc(Cl)cc2)cc(Br)c1OCC(=O)Nc1ccccc1F. The van der Waals surface area contributed by atoms with Crippen molar-refractivity contribution in [2.45, 2.75) is 0 Å². The van der Waals surface area contributed by atoms with Gasteiger partial charge in [0.1, 0.15) is 5.82 Å². The van der Waals surface area contributed by atoms with Crippen molar-refractivity contribution in [1.29, 1.82) is 0 Å². The summed E-state index contributed by atoms with van der Waals surface area (Å²) in [6.45, 7) is -0.367. The summed E-state index contributed by atoms with van der Waals surface area (Å²) in [6.07, 6.45) is 1.43. The number of hydrazone groups is 1. The van der Waals surface area contributed by atoms with E-state index in [0.29, 0.717) is 26.4 Å². The number of nitrogens with zero attached hydrogens (tertiary/aromatic N) is 1. The van der Waals surface area contributed by atoms with Crippen molar-refractivity contribution in [2.24, 2.45) is 5.10 Å². The normalized spacial score (nSPS) is 10.7. The highest BCUT2D eigenvalue weighted by atomic mass is 79.9. The van der Waals surface area contributed by atoms with Crippen LogP contribution in [-0.2, 0) is 4.79 Å². The molecule has 2 amide bonds. The van der Waals surface area contributed by atoms with Crippen LogP contribution in [0.3, 0.4) is 0 Å². The van der Waals surface area contributed by atoms with E-state index in [9.17, 15) is 14.0 Å². The molecule has 0 aromatic heterocycles. The lowest BCUT2D eigenvalue weighted by Gasteiger charge is -2.13. The van der Waals surface area contributed by atoms with Crippen LogP contribution in [0.15, 0.2) is 70.2 Å². The summed E-state index contributed by atoms with van der Waals surface area (Å²) in [7, 11) is 1.44. The van der Waals surface area contributed by atoms with Crippen molar-refractivity contribution in [3.8, 4) is 11.5 Å². The van der Waals surface area contributed by atoms with Crippen LogP contribution < -0.4 is 20.2 Å². The van der Waals surface area contributed by atoms with E-state index in [1.807, 2.05) is 0 Å². The third kappa shape index (κ3) is 6.77. The fraction of sp³-hybridized carbons (Fsp3) is 0.0870. The van der Waals surface area contributed by atoms with Crippen molar-refractivity contribution in [3.63, 3.8) is 0 Å². The van der Waals surface area contributed by atoms with Crippen LogP contribution in [-0.4, -0.2) is 31.7 Å². The van der Waals surface area contributed by atoms with E-state index >= 15 is 0 Å². The van der Waals surface area contributed by atoms with E-state index in [-0.39, 0.29) is 18.0 Å². The summed E-state index contributed by atoms with van der Waals surface area (Å²) in [5.41, 5.74) is 3.49. The van der Waals surface area contributed by atoms with Crippen LogP contribution >= 0.6 is 27.5 Å². The fourth-order valence-corrected chi connectivity index (χ4v) is 3.37. The maximum Gasteiger partial charge on any atom is 0.271 e. The number of hydrogen-bond acceptors (Lipinski definition) is 5. The maximum absolute atomic E-state index is 13.7. The number of ether oxygens (including phenoxy) is 2. The molecule has 0 aliphatic rings. The third-order valence-corrected chi connectivity index (χ3v) is 5.07. The van der Waals surface area contributed by atoms with E-state index in [0.717, 1.165) is 0 Å². The van der Waals surface area contributed by atoms with Crippen LogP contribution in [0.4, 0.5) is 10.1 Å². The molecular weight excluding hydrogens is 517 g/mol. The average molecular weight is 535 g/mol. The number of amides is 2. The van der Waals surface area contributed by atoms with Gasteiger partial charge in [-0.15, -0.1) is 0 Å². The average Bonchev–Trinajstić information content (AvgIpc) is 2.80. The molecule has 3 rings (SSSR count). The minimum atomic E-state index is -0.545. The Hall–Kier alpha value is -3.43. The van der Waals surface area contributed by atoms with Gasteiger partial charge in [0.05, 0.1) is 23.5 Å². The highest BCUT2D eigenvalue weighted by Crippen LogP contribution is 2.36. The van der Waals surface area contributed by atoms with E-state index < -0.39 is 17.6 Å². The van der Waals surface area contributed by atoms with Crippen LogP contribution in [0.1, 0.15) is 15.9 Å². The maximum atomic E-state index is 13.7. The Balaban J connectivity index is 1.63. The van der Waals surface area contributed by atoms with E-state index in [2.05, 4.69) is 31.8 Å². The molecule has 10 heteroatoms. The zero-order valence-corrected chi connectivity index (χ0v) is 19.6. The second kappa shape index (κ2) is 11.4. The minimum Gasteiger partial charge on any atom is -0.493 e. The van der Waals surface area contributed by atoms with Gasteiger partial charge in [-0.25, -0.2) is 9.82 Å². The molecule has 33 heavy (non-hydrogen) atoms. The molecule has 0 saturated carbocycles. The quantitative estimate of drug-likeness (QED) is 0.313. The summed E-state index contributed by atoms with van der Waals surface area (Å²) < 4.78 is 25.1. The van der Waals surface area contributed by atoms with Crippen LogP contribution in [0, 0.1) is 5.82 Å². The minimum absolute atomic E-state index is 0.0596. The molecule has 0 spiro atoms. The second-order valence-corrected chi connectivity index (χ2v) is 7.85. The number of halogens is 3. The zero-order valence-electron chi connectivity index (χ0n) is 17.3. The molecule has 0 bridgehead atoms. The van der Waals surface area contributed by atoms with E-state index in [1.165, 1.54) is 31.5 Å². The summed E-state index contributed by atoms with van der Waals surface area (Å²) in [4.78, 5) is 24.2. The molecule has 0 heterocycles. The summed E-state index contributed by atoms with van der Waals surface area (Å²) in [5, 5.41) is 6.91. The monoisotopic (exact) mass is 533 g/mol. The Bertz CT molecular complexity index is 1190. The zero-order chi connectivity index (χ0) is 23.8. The topological polar surface area (TPSA) is 89.0 Å². The fourth-order valence-electron chi connectivity index (χ4n) is 2.67. The van der Waals surface area contributed by atoms with Gasteiger partial charge in [-0.05, 0) is 70.0 Å². The lowest BCUT2D eigenvalue weighted by molar-refractivity contribution is -0.118. The van der Waals surface area contributed by atoms with Crippen LogP contribution in [0.5, 0.6) is 11.5 Å². The van der Waals surface area contributed by atoms with Crippen molar-refractivity contribution in [2.75, 3.05) is 19.0 Å². The Kier molecular flexibility index (Phi) is 8.39. The van der Waals surface area contributed by atoms with Crippen molar-refractivity contribution in [3.05, 3.63) is 87.1 Å². The third-order valence-electron chi connectivity index (χ3n) is 4.23. The first-order valence-electron chi connectivity index (χ1n) is 9.51. The molecule has 0 fully saturated rings. The number of anilines is 1. The van der Waals surface area contributed by atoms with Crippen LogP contribution in [0.2, 0.25) is 5.02 Å². The first-order chi connectivity index (χ1) is 15.9. The number of para-hydroxylation sites is 1. The van der Waals surface area contributed by atoms with Gasteiger partial charge in [0.25, 0.3) is 11.8 Å². The molecule has 7 nitrogen and oxygen atoms in total. The number of carbonyl (C=O) groups is 2. The Morgan fingerprint density at radius 3 is 2.58 bits per heavy atom. The summed E-state index contributed by atoms with van der Waals surface area (Å²) in [6, 6.07) is 15.5. The van der Waals surface area contributed by atoms with E-state index in [1.54, 1.807) is 42.5 Å². The number of carbonyl (C=O) groups excluding carboxylic acids is 2. The van der Waals surface area contributed by atoms with Gasteiger partial charge < -0.3 is 14.8 Å². The first kappa shape index (κ1) is 24.2. The van der Waals surface area contributed by atoms with Gasteiger partial charge in [-0.1, -0.05) is 23.7 Å². The molecular formula is C23H18BrClFN3O4. The molecule has 0 atom stereocenters. The molecule has 3 aromatic rings. The number of methoxy groups -OCH3 is 1. The lowest BCUT2D eigenvalue weighted by atomic mass is 10.2. The second-order valence-electron chi connectivity index (χ2n) is 6.56. The number of hydrogen-bond donors (Lipinski definition) is 2. The van der Waals surface area contributed by atoms with E-state index in [4.69, 9.17) is 21.1 Å². The largest absolute Gasteiger partial charge is 0.493 e.